The summed E-state index contributed by atoms with van der Waals surface area (Å²) in [4.78, 5) is 4.21. The molecule has 0 aliphatic carbocycles. The van der Waals surface area contributed by atoms with Crippen LogP contribution in [-0.4, -0.2) is 4.98 Å². The Morgan fingerprint density at radius 1 is 1.33 bits per heavy atom. The summed E-state index contributed by atoms with van der Waals surface area (Å²) in [5.74, 6) is 6.21. The first-order valence-corrected chi connectivity index (χ1v) is 5.50. The summed E-state index contributed by atoms with van der Waals surface area (Å²) >= 11 is 0. The molecule has 1 aromatic heterocycles. The fraction of sp³-hybridized carbons (Fsp3) is 0.154. The van der Waals surface area contributed by atoms with E-state index in [1.165, 1.54) is 6.07 Å². The van der Waals surface area contributed by atoms with E-state index in [0.717, 1.165) is 5.69 Å². The van der Waals surface area contributed by atoms with Crippen molar-refractivity contribution in [2.24, 2.45) is 5.84 Å². The highest BCUT2D eigenvalue weighted by molar-refractivity contribution is 5.33. The summed E-state index contributed by atoms with van der Waals surface area (Å²) in [6.45, 7) is 2.00. The fourth-order valence-corrected chi connectivity index (χ4v) is 1.50. The SMILES string of the molecule is Cc1cc(OCc2cccc(NN)n2)ccc1F. The van der Waals surface area contributed by atoms with E-state index in [2.05, 4.69) is 10.4 Å². The second-order valence-electron chi connectivity index (χ2n) is 3.86. The summed E-state index contributed by atoms with van der Waals surface area (Å²) in [7, 11) is 0. The van der Waals surface area contributed by atoms with Crippen molar-refractivity contribution in [3.05, 3.63) is 53.5 Å². The van der Waals surface area contributed by atoms with E-state index >= 15 is 0 Å². The van der Waals surface area contributed by atoms with Gasteiger partial charge in [-0.2, -0.15) is 0 Å². The maximum absolute atomic E-state index is 13.1. The summed E-state index contributed by atoms with van der Waals surface area (Å²) in [5.41, 5.74) is 3.76. The largest absolute Gasteiger partial charge is 0.487 e. The van der Waals surface area contributed by atoms with Gasteiger partial charge in [-0.3, -0.25) is 0 Å². The second kappa shape index (κ2) is 5.46. The zero-order valence-electron chi connectivity index (χ0n) is 9.98. The molecular weight excluding hydrogens is 233 g/mol. The number of pyridine rings is 1. The minimum absolute atomic E-state index is 0.241. The highest BCUT2D eigenvalue weighted by Gasteiger charge is 2.01. The van der Waals surface area contributed by atoms with E-state index in [9.17, 15) is 4.39 Å². The van der Waals surface area contributed by atoms with Gasteiger partial charge in [-0.25, -0.2) is 15.2 Å². The maximum atomic E-state index is 13.1. The lowest BCUT2D eigenvalue weighted by atomic mass is 10.2. The smallest absolute Gasteiger partial charge is 0.140 e. The van der Waals surface area contributed by atoms with E-state index in [1.807, 2.05) is 12.1 Å². The monoisotopic (exact) mass is 247 g/mol. The molecule has 1 aromatic carbocycles. The molecule has 0 aliphatic heterocycles. The van der Waals surface area contributed by atoms with Crippen molar-refractivity contribution in [3.8, 4) is 5.75 Å². The molecule has 0 spiro atoms. The number of anilines is 1. The van der Waals surface area contributed by atoms with Gasteiger partial charge in [-0.15, -0.1) is 0 Å². The van der Waals surface area contributed by atoms with Crippen LogP contribution in [0.15, 0.2) is 36.4 Å². The predicted molar refractivity (Wildman–Crippen MR) is 67.5 cm³/mol. The van der Waals surface area contributed by atoms with Crippen LogP contribution in [0.2, 0.25) is 0 Å². The van der Waals surface area contributed by atoms with E-state index in [1.54, 1.807) is 25.1 Å². The van der Waals surface area contributed by atoms with Crippen LogP contribution in [0.4, 0.5) is 10.2 Å². The summed E-state index contributed by atoms with van der Waals surface area (Å²) < 4.78 is 18.6. The number of nitrogens with two attached hydrogens (primary N) is 1. The highest BCUT2D eigenvalue weighted by Crippen LogP contribution is 2.17. The number of ether oxygens (including phenoxy) is 1. The van der Waals surface area contributed by atoms with Crippen molar-refractivity contribution in [2.45, 2.75) is 13.5 Å². The van der Waals surface area contributed by atoms with Crippen LogP contribution in [0.5, 0.6) is 5.75 Å². The standard InChI is InChI=1S/C13H14FN3O/c1-9-7-11(5-6-12(9)14)18-8-10-3-2-4-13(16-10)17-15/h2-7H,8,15H2,1H3,(H,16,17). The Labute approximate surface area is 105 Å². The second-order valence-corrected chi connectivity index (χ2v) is 3.86. The van der Waals surface area contributed by atoms with Gasteiger partial charge in [0.25, 0.3) is 0 Å². The van der Waals surface area contributed by atoms with Crippen LogP contribution in [0, 0.1) is 12.7 Å². The minimum atomic E-state index is -0.241. The third kappa shape index (κ3) is 2.95. The predicted octanol–water partition coefficient (Wildman–Crippen LogP) is 2.39. The van der Waals surface area contributed by atoms with Crippen molar-refractivity contribution in [3.63, 3.8) is 0 Å². The number of nitrogen functional groups attached to an aromatic ring is 1. The molecule has 1 heterocycles. The molecule has 94 valence electrons. The first-order valence-electron chi connectivity index (χ1n) is 5.50. The van der Waals surface area contributed by atoms with Crippen LogP contribution in [-0.2, 0) is 6.61 Å². The molecule has 4 nitrogen and oxygen atoms in total. The van der Waals surface area contributed by atoms with Gasteiger partial charge in [-0.1, -0.05) is 6.07 Å². The summed E-state index contributed by atoms with van der Waals surface area (Å²) in [6, 6.07) is 10.0. The molecule has 0 amide bonds. The minimum Gasteiger partial charge on any atom is -0.487 e. The molecule has 0 radical (unpaired) electrons. The molecule has 0 fully saturated rings. The molecule has 18 heavy (non-hydrogen) atoms. The number of hydrogen-bond acceptors (Lipinski definition) is 4. The Balaban J connectivity index is 2.04. The summed E-state index contributed by atoms with van der Waals surface area (Å²) in [5, 5.41) is 0. The van der Waals surface area contributed by atoms with Gasteiger partial charge in [0.15, 0.2) is 0 Å². The average Bonchev–Trinajstić information content (AvgIpc) is 2.40. The Bertz CT molecular complexity index is 546. The van der Waals surface area contributed by atoms with Gasteiger partial charge >= 0.3 is 0 Å². The molecular formula is C13H14FN3O. The van der Waals surface area contributed by atoms with E-state index < -0.39 is 0 Å². The molecule has 2 rings (SSSR count). The van der Waals surface area contributed by atoms with Crippen molar-refractivity contribution < 1.29 is 9.13 Å². The quantitative estimate of drug-likeness (QED) is 0.643. The third-order valence-electron chi connectivity index (χ3n) is 2.47. The van der Waals surface area contributed by atoms with Gasteiger partial charge in [0, 0.05) is 0 Å². The van der Waals surface area contributed by atoms with Crippen molar-refractivity contribution in [1.82, 2.24) is 4.98 Å². The molecule has 0 bridgehead atoms. The van der Waals surface area contributed by atoms with Gasteiger partial charge in [-0.05, 0) is 42.8 Å². The lowest BCUT2D eigenvalue weighted by molar-refractivity contribution is 0.301. The first-order chi connectivity index (χ1) is 8.69. The van der Waals surface area contributed by atoms with Crippen molar-refractivity contribution in [1.29, 1.82) is 0 Å². The van der Waals surface area contributed by atoms with Crippen molar-refractivity contribution in [2.75, 3.05) is 5.43 Å². The number of halogens is 1. The number of nitrogens with one attached hydrogen (secondary N) is 1. The molecule has 0 unspecified atom stereocenters. The zero-order chi connectivity index (χ0) is 13.0. The molecule has 2 aromatic rings. The molecule has 0 saturated heterocycles. The Kier molecular flexibility index (Phi) is 3.74. The topological polar surface area (TPSA) is 60.2 Å². The van der Waals surface area contributed by atoms with E-state index in [4.69, 9.17) is 10.6 Å². The van der Waals surface area contributed by atoms with Gasteiger partial charge in [0.1, 0.15) is 24.0 Å². The Hall–Kier alpha value is -2.14. The number of rotatable bonds is 4. The van der Waals surface area contributed by atoms with Crippen LogP contribution >= 0.6 is 0 Å². The van der Waals surface area contributed by atoms with Crippen LogP contribution in [0.1, 0.15) is 11.3 Å². The average molecular weight is 247 g/mol. The normalized spacial score (nSPS) is 10.2. The molecule has 0 aliphatic rings. The molecule has 0 atom stereocenters. The van der Waals surface area contributed by atoms with Crippen LogP contribution < -0.4 is 16.0 Å². The Morgan fingerprint density at radius 2 is 2.17 bits per heavy atom. The van der Waals surface area contributed by atoms with E-state index in [-0.39, 0.29) is 5.82 Å². The zero-order valence-corrected chi connectivity index (χ0v) is 9.98. The number of benzene rings is 1. The lowest BCUT2D eigenvalue weighted by Crippen LogP contribution is -2.09. The molecule has 0 saturated carbocycles. The maximum Gasteiger partial charge on any atom is 0.140 e. The number of hydrogen-bond donors (Lipinski definition) is 2. The fourth-order valence-electron chi connectivity index (χ4n) is 1.50. The number of aromatic nitrogens is 1. The van der Waals surface area contributed by atoms with Crippen LogP contribution in [0.3, 0.4) is 0 Å². The molecule has 3 N–H and O–H groups in total. The third-order valence-corrected chi connectivity index (χ3v) is 2.47. The summed E-state index contributed by atoms with van der Waals surface area (Å²) in [6.07, 6.45) is 0. The number of aryl methyl sites for hydroxylation is 1. The van der Waals surface area contributed by atoms with Gasteiger partial charge < -0.3 is 10.2 Å². The van der Waals surface area contributed by atoms with Crippen LogP contribution in [0.25, 0.3) is 0 Å². The molecule has 5 heteroatoms. The highest BCUT2D eigenvalue weighted by atomic mass is 19.1. The van der Waals surface area contributed by atoms with E-state index in [0.29, 0.717) is 23.7 Å². The lowest BCUT2D eigenvalue weighted by Gasteiger charge is -2.08. The first kappa shape index (κ1) is 12.3. The number of hydrazine groups is 1. The van der Waals surface area contributed by atoms with Crippen molar-refractivity contribution >= 4 is 5.82 Å². The van der Waals surface area contributed by atoms with Gasteiger partial charge in [0.05, 0.1) is 5.69 Å². The van der Waals surface area contributed by atoms with Gasteiger partial charge in [0.2, 0.25) is 0 Å². The number of nitrogens with zero attached hydrogens (tertiary/aromatic N) is 1. The Morgan fingerprint density at radius 3 is 2.89 bits per heavy atom.